The Balaban J connectivity index is 1.86. The van der Waals surface area contributed by atoms with Crippen LogP contribution < -0.4 is 15.6 Å². The Labute approximate surface area is 201 Å². The summed E-state index contributed by atoms with van der Waals surface area (Å²) in [4.78, 5) is 49.4. The number of nitro groups is 1. The summed E-state index contributed by atoms with van der Waals surface area (Å²) < 4.78 is 11.4. The van der Waals surface area contributed by atoms with Crippen LogP contribution in [0, 0.1) is 10.1 Å². The summed E-state index contributed by atoms with van der Waals surface area (Å²) in [6, 6.07) is 11.7. The summed E-state index contributed by atoms with van der Waals surface area (Å²) in [6.07, 6.45) is 0. The SMILES string of the molecule is CCOC(=O)c1nn(-c2cccc(OC)c2)c(=O)c2c(NC(=O)c3cccc([N+](=O)[O-])c3)scc12. The van der Waals surface area contributed by atoms with Crippen molar-refractivity contribution < 1.29 is 24.0 Å². The van der Waals surface area contributed by atoms with Gasteiger partial charge in [-0.15, -0.1) is 11.3 Å². The normalized spacial score (nSPS) is 10.7. The van der Waals surface area contributed by atoms with Crippen molar-refractivity contribution in [3.63, 3.8) is 0 Å². The third-order valence-corrected chi connectivity index (χ3v) is 5.86. The maximum absolute atomic E-state index is 13.5. The Kier molecular flexibility index (Phi) is 6.55. The smallest absolute Gasteiger partial charge is 0.359 e. The van der Waals surface area contributed by atoms with E-state index in [1.54, 1.807) is 31.2 Å². The van der Waals surface area contributed by atoms with Crippen molar-refractivity contribution in [3.8, 4) is 11.4 Å². The van der Waals surface area contributed by atoms with Crippen LogP contribution in [0.1, 0.15) is 27.8 Å². The number of methoxy groups -OCH3 is 1. The monoisotopic (exact) mass is 494 g/mol. The fourth-order valence-corrected chi connectivity index (χ4v) is 4.28. The number of esters is 1. The van der Waals surface area contributed by atoms with E-state index < -0.39 is 22.4 Å². The van der Waals surface area contributed by atoms with Gasteiger partial charge < -0.3 is 14.8 Å². The zero-order chi connectivity index (χ0) is 25.1. The molecule has 12 heteroatoms. The second-order valence-corrected chi connectivity index (χ2v) is 7.98. The molecular weight excluding hydrogens is 476 g/mol. The first kappa shape index (κ1) is 23.6. The van der Waals surface area contributed by atoms with Gasteiger partial charge in [0.25, 0.3) is 17.2 Å². The van der Waals surface area contributed by atoms with Gasteiger partial charge in [0.1, 0.15) is 10.8 Å². The lowest BCUT2D eigenvalue weighted by Crippen LogP contribution is -2.25. The number of nitro benzene ring substituents is 1. The van der Waals surface area contributed by atoms with Crippen molar-refractivity contribution in [1.82, 2.24) is 9.78 Å². The number of aromatic nitrogens is 2. The number of thiophene rings is 1. The Morgan fingerprint density at radius 3 is 2.69 bits per heavy atom. The molecule has 0 atom stereocenters. The van der Waals surface area contributed by atoms with E-state index in [4.69, 9.17) is 9.47 Å². The summed E-state index contributed by atoms with van der Waals surface area (Å²) in [6.45, 7) is 1.74. The molecule has 0 bridgehead atoms. The fraction of sp³-hybridized carbons (Fsp3) is 0.130. The number of hydrogen-bond donors (Lipinski definition) is 1. The van der Waals surface area contributed by atoms with E-state index in [0.717, 1.165) is 22.1 Å². The highest BCUT2D eigenvalue weighted by atomic mass is 32.1. The van der Waals surface area contributed by atoms with Crippen molar-refractivity contribution in [3.05, 3.63) is 85.6 Å². The summed E-state index contributed by atoms with van der Waals surface area (Å²) in [5, 5.41) is 19.9. The molecule has 4 rings (SSSR count). The molecule has 2 aromatic heterocycles. The third-order valence-electron chi connectivity index (χ3n) is 4.97. The van der Waals surface area contributed by atoms with Crippen LogP contribution in [-0.4, -0.2) is 40.3 Å². The summed E-state index contributed by atoms with van der Waals surface area (Å²) in [5.74, 6) is -0.915. The second kappa shape index (κ2) is 9.73. The van der Waals surface area contributed by atoms with Gasteiger partial charge in [-0.1, -0.05) is 12.1 Å². The topological polar surface area (TPSA) is 143 Å². The van der Waals surface area contributed by atoms with E-state index in [-0.39, 0.29) is 39.3 Å². The van der Waals surface area contributed by atoms with Crippen LogP contribution in [0.3, 0.4) is 0 Å². The Morgan fingerprint density at radius 2 is 1.97 bits per heavy atom. The van der Waals surface area contributed by atoms with E-state index in [1.807, 2.05) is 0 Å². The van der Waals surface area contributed by atoms with Crippen LogP contribution in [0.2, 0.25) is 0 Å². The second-order valence-electron chi connectivity index (χ2n) is 7.10. The van der Waals surface area contributed by atoms with Crippen molar-refractivity contribution >= 4 is 44.7 Å². The van der Waals surface area contributed by atoms with E-state index in [1.165, 1.54) is 30.7 Å². The number of benzene rings is 2. The highest BCUT2D eigenvalue weighted by Gasteiger charge is 2.24. The van der Waals surface area contributed by atoms with Crippen LogP contribution >= 0.6 is 11.3 Å². The summed E-state index contributed by atoms with van der Waals surface area (Å²) >= 11 is 1.02. The van der Waals surface area contributed by atoms with Gasteiger partial charge in [0, 0.05) is 34.5 Å². The molecule has 0 saturated heterocycles. The molecule has 0 unspecified atom stereocenters. The molecule has 4 aromatic rings. The van der Waals surface area contributed by atoms with E-state index in [9.17, 15) is 24.5 Å². The van der Waals surface area contributed by atoms with Gasteiger partial charge in [-0.05, 0) is 25.1 Å². The molecule has 2 heterocycles. The Hall–Kier alpha value is -4.58. The van der Waals surface area contributed by atoms with Gasteiger partial charge in [0.15, 0.2) is 5.69 Å². The number of ether oxygens (including phenoxy) is 2. The molecule has 0 radical (unpaired) electrons. The van der Waals surface area contributed by atoms with Crippen molar-refractivity contribution in [2.24, 2.45) is 0 Å². The minimum atomic E-state index is -0.733. The number of fused-ring (bicyclic) bond motifs is 1. The van der Waals surface area contributed by atoms with Crippen LogP contribution in [0.5, 0.6) is 5.75 Å². The number of carbonyl (C=O) groups excluding carboxylic acids is 2. The number of anilines is 1. The number of nitrogens with zero attached hydrogens (tertiary/aromatic N) is 3. The molecular formula is C23H18N4O7S. The largest absolute Gasteiger partial charge is 0.497 e. The highest BCUT2D eigenvalue weighted by Crippen LogP contribution is 2.31. The minimum absolute atomic E-state index is 0.0357. The quantitative estimate of drug-likeness (QED) is 0.232. The first-order valence-corrected chi connectivity index (χ1v) is 11.1. The average molecular weight is 494 g/mol. The molecule has 0 saturated carbocycles. The standard InChI is InChI=1S/C23H18N4O7S/c1-3-34-23(30)19-17-12-35-21(24-20(28)13-6-4-8-15(10-13)27(31)32)18(17)22(29)26(25-19)14-7-5-9-16(11-14)33-2/h4-12H,3H2,1-2H3,(H,24,28). The molecule has 11 nitrogen and oxygen atoms in total. The van der Waals surface area contributed by atoms with Gasteiger partial charge in [-0.2, -0.15) is 9.78 Å². The highest BCUT2D eigenvalue weighted by molar-refractivity contribution is 7.16. The number of nitrogens with one attached hydrogen (secondary N) is 1. The predicted octanol–water partition coefficient (Wildman–Crippen LogP) is 3.79. The summed E-state index contributed by atoms with van der Waals surface area (Å²) in [5.41, 5.74) is -0.561. The Morgan fingerprint density at radius 1 is 1.20 bits per heavy atom. The Bertz CT molecular complexity index is 1530. The fourth-order valence-electron chi connectivity index (χ4n) is 3.35. The van der Waals surface area contributed by atoms with E-state index >= 15 is 0 Å². The molecule has 2 aromatic carbocycles. The van der Waals surface area contributed by atoms with Gasteiger partial charge in [-0.25, -0.2) is 4.79 Å². The number of amides is 1. The first-order valence-electron chi connectivity index (χ1n) is 10.3. The zero-order valence-electron chi connectivity index (χ0n) is 18.5. The van der Waals surface area contributed by atoms with Crippen molar-refractivity contribution in [2.45, 2.75) is 6.92 Å². The molecule has 0 fully saturated rings. The molecule has 0 aliphatic heterocycles. The molecule has 178 valence electrons. The molecule has 1 amide bonds. The molecule has 0 aliphatic carbocycles. The molecule has 0 aliphatic rings. The van der Waals surface area contributed by atoms with Gasteiger partial charge in [0.05, 0.1) is 29.7 Å². The average Bonchev–Trinajstić information content (AvgIpc) is 3.28. The number of rotatable bonds is 7. The lowest BCUT2D eigenvalue weighted by molar-refractivity contribution is -0.384. The number of carbonyl (C=O) groups is 2. The molecule has 0 spiro atoms. The first-order chi connectivity index (χ1) is 16.8. The van der Waals surface area contributed by atoms with Crippen LogP contribution in [-0.2, 0) is 4.74 Å². The molecule has 35 heavy (non-hydrogen) atoms. The van der Waals surface area contributed by atoms with Crippen LogP contribution in [0.4, 0.5) is 10.7 Å². The van der Waals surface area contributed by atoms with Crippen molar-refractivity contribution in [1.29, 1.82) is 0 Å². The lowest BCUT2D eigenvalue weighted by atomic mass is 10.2. The van der Waals surface area contributed by atoms with Crippen LogP contribution in [0.25, 0.3) is 16.5 Å². The third kappa shape index (κ3) is 4.59. The number of hydrogen-bond acceptors (Lipinski definition) is 9. The zero-order valence-corrected chi connectivity index (χ0v) is 19.3. The van der Waals surface area contributed by atoms with E-state index in [2.05, 4.69) is 10.4 Å². The van der Waals surface area contributed by atoms with Gasteiger partial charge in [0.2, 0.25) is 0 Å². The lowest BCUT2D eigenvalue weighted by Gasteiger charge is -2.11. The van der Waals surface area contributed by atoms with Gasteiger partial charge >= 0.3 is 5.97 Å². The van der Waals surface area contributed by atoms with Crippen molar-refractivity contribution in [2.75, 3.05) is 19.0 Å². The maximum Gasteiger partial charge on any atom is 0.359 e. The summed E-state index contributed by atoms with van der Waals surface area (Å²) in [7, 11) is 1.48. The minimum Gasteiger partial charge on any atom is -0.497 e. The maximum atomic E-state index is 13.5. The predicted molar refractivity (Wildman–Crippen MR) is 129 cm³/mol. The van der Waals surface area contributed by atoms with Gasteiger partial charge in [-0.3, -0.25) is 19.7 Å². The molecule has 1 N–H and O–H groups in total. The van der Waals surface area contributed by atoms with E-state index in [0.29, 0.717) is 11.4 Å². The number of non-ortho nitro benzene ring substituents is 1. The van der Waals surface area contributed by atoms with Crippen LogP contribution in [0.15, 0.2) is 58.7 Å².